The molecule has 0 saturated heterocycles. The smallest absolute Gasteiger partial charge is 0.312 e. The van der Waals surface area contributed by atoms with Gasteiger partial charge in [0.2, 0.25) is 17.7 Å². The van der Waals surface area contributed by atoms with E-state index >= 15 is 0 Å². The van der Waals surface area contributed by atoms with Gasteiger partial charge in [0.25, 0.3) is 10.1 Å². The van der Waals surface area contributed by atoms with E-state index in [-0.39, 0.29) is 26.0 Å². The number of benzene rings is 1. The summed E-state index contributed by atoms with van der Waals surface area (Å²) in [4.78, 5) is 49.1. The van der Waals surface area contributed by atoms with Crippen molar-refractivity contribution >= 4 is 39.6 Å². The monoisotopic (exact) mass is 530 g/mol. The molecule has 15 heteroatoms. The van der Waals surface area contributed by atoms with Gasteiger partial charge < -0.3 is 37.8 Å². The van der Waals surface area contributed by atoms with Gasteiger partial charge in [-0.3, -0.25) is 18.9 Å². The van der Waals surface area contributed by atoms with Gasteiger partial charge >= 0.3 is 6.03 Å². The number of rotatable bonds is 14. The number of aliphatic hydroxyl groups excluding tert-OH is 1. The van der Waals surface area contributed by atoms with Gasteiger partial charge in [-0.1, -0.05) is 26.0 Å². The quantitative estimate of drug-likeness (QED) is 0.102. The Bertz CT molecular complexity index is 1020. The highest BCUT2D eigenvalue weighted by Gasteiger charge is 2.31. The maximum atomic E-state index is 13.0. The zero-order valence-electron chi connectivity index (χ0n) is 20.1. The molecule has 1 aromatic carbocycles. The lowest BCUT2D eigenvalue weighted by molar-refractivity contribution is -0.132. The Hall–Kier alpha value is -3.27. The van der Waals surface area contributed by atoms with Crippen LogP contribution in [0, 0.1) is 5.92 Å². The van der Waals surface area contributed by atoms with Crippen LogP contribution in [0.15, 0.2) is 24.3 Å². The van der Waals surface area contributed by atoms with E-state index in [0.717, 1.165) is 0 Å². The average Bonchev–Trinajstić information content (AvgIpc) is 2.77. The number of hydrogen-bond acceptors (Lipinski definition) is 8. The standard InChI is InChI=1S/C21H34N6O8S/c1-12(2)17(27-18(29)15(22)11-36(33,34)35)20(31)26-16(4-3-9-24-21(23)32)19(30)25-14-7-5-13(10-28)6-8-14/h5-8,12,15-17,28H,3-4,9-11,22H2,1-2H3,(H,25,30)(H,26,31)(H,27,29)(H3,23,24,32)(H,33,34,35)/t15-,16-,17-/m0/s1. The minimum atomic E-state index is -4.52. The fourth-order valence-corrected chi connectivity index (χ4v) is 3.67. The van der Waals surface area contributed by atoms with Crippen molar-refractivity contribution in [3.8, 4) is 0 Å². The Morgan fingerprint density at radius 3 is 2.11 bits per heavy atom. The molecule has 0 heterocycles. The van der Waals surface area contributed by atoms with Gasteiger partial charge in [0.1, 0.15) is 18.1 Å². The number of urea groups is 1. The molecule has 0 spiro atoms. The van der Waals surface area contributed by atoms with Crippen LogP contribution >= 0.6 is 0 Å². The molecule has 0 aliphatic carbocycles. The van der Waals surface area contributed by atoms with E-state index in [1.807, 2.05) is 0 Å². The van der Waals surface area contributed by atoms with Gasteiger partial charge in [0.15, 0.2) is 0 Å². The predicted molar refractivity (Wildman–Crippen MR) is 131 cm³/mol. The summed E-state index contributed by atoms with van der Waals surface area (Å²) in [7, 11) is -4.52. The van der Waals surface area contributed by atoms with Crippen LogP contribution in [0.4, 0.5) is 10.5 Å². The van der Waals surface area contributed by atoms with E-state index < -0.39 is 63.7 Å². The molecule has 202 valence electrons. The fraction of sp³-hybridized carbons (Fsp3) is 0.524. The van der Waals surface area contributed by atoms with Crippen LogP contribution in [-0.2, 0) is 31.1 Å². The number of primary amides is 1. The van der Waals surface area contributed by atoms with Gasteiger partial charge in [-0.2, -0.15) is 8.42 Å². The van der Waals surface area contributed by atoms with Crippen molar-refractivity contribution in [3.05, 3.63) is 29.8 Å². The molecular formula is C21H34N6O8S. The molecule has 0 aliphatic heterocycles. The molecule has 5 amide bonds. The van der Waals surface area contributed by atoms with Crippen LogP contribution < -0.4 is 32.7 Å². The summed E-state index contributed by atoms with van der Waals surface area (Å²) in [5.41, 5.74) is 11.6. The Labute approximate surface area is 209 Å². The zero-order chi connectivity index (χ0) is 27.5. The van der Waals surface area contributed by atoms with Gasteiger partial charge in [-0.25, -0.2) is 4.79 Å². The Kier molecular flexibility index (Phi) is 12.2. The molecular weight excluding hydrogens is 496 g/mol. The molecule has 0 bridgehead atoms. The largest absolute Gasteiger partial charge is 0.392 e. The summed E-state index contributed by atoms with van der Waals surface area (Å²) in [6, 6.07) is 1.76. The van der Waals surface area contributed by atoms with Crippen LogP contribution in [0.3, 0.4) is 0 Å². The summed E-state index contributed by atoms with van der Waals surface area (Å²) in [5.74, 6) is -3.78. The Balaban J connectivity index is 2.97. The molecule has 1 aromatic rings. The van der Waals surface area contributed by atoms with Crippen molar-refractivity contribution in [2.45, 2.75) is 51.4 Å². The van der Waals surface area contributed by atoms with Crippen LogP contribution in [-0.4, -0.2) is 72.3 Å². The maximum absolute atomic E-state index is 13.0. The van der Waals surface area contributed by atoms with Crippen molar-refractivity contribution in [3.63, 3.8) is 0 Å². The molecule has 14 nitrogen and oxygen atoms in total. The van der Waals surface area contributed by atoms with Crippen molar-refractivity contribution in [1.82, 2.24) is 16.0 Å². The topological polar surface area (TPSA) is 243 Å². The third kappa shape index (κ3) is 11.4. The minimum Gasteiger partial charge on any atom is -0.392 e. The molecule has 0 fully saturated rings. The number of anilines is 1. The second kappa shape index (κ2) is 14.3. The Morgan fingerprint density at radius 1 is 1.00 bits per heavy atom. The van der Waals surface area contributed by atoms with Gasteiger partial charge in [-0.05, 0) is 36.5 Å². The van der Waals surface area contributed by atoms with Crippen LogP contribution in [0.2, 0.25) is 0 Å². The number of nitrogens with one attached hydrogen (secondary N) is 4. The SMILES string of the molecule is CC(C)[C@H](NC(=O)[C@@H](N)CS(=O)(=O)O)C(=O)N[C@@H](CCCNC(N)=O)C(=O)Nc1ccc(CO)cc1. The molecule has 36 heavy (non-hydrogen) atoms. The van der Waals surface area contributed by atoms with E-state index in [0.29, 0.717) is 11.3 Å². The van der Waals surface area contributed by atoms with E-state index in [4.69, 9.17) is 21.1 Å². The number of nitrogens with two attached hydrogens (primary N) is 2. The van der Waals surface area contributed by atoms with E-state index in [1.54, 1.807) is 38.1 Å². The van der Waals surface area contributed by atoms with Crippen LogP contribution in [0.5, 0.6) is 0 Å². The van der Waals surface area contributed by atoms with Crippen LogP contribution in [0.25, 0.3) is 0 Å². The third-order valence-electron chi connectivity index (χ3n) is 4.98. The number of hydrogen-bond donors (Lipinski definition) is 8. The predicted octanol–water partition coefficient (Wildman–Crippen LogP) is -1.59. The highest BCUT2D eigenvalue weighted by atomic mass is 32.2. The van der Waals surface area contributed by atoms with Gasteiger partial charge in [0.05, 0.1) is 12.4 Å². The first kappa shape index (κ1) is 30.8. The van der Waals surface area contributed by atoms with Gasteiger partial charge in [0, 0.05) is 12.2 Å². The van der Waals surface area contributed by atoms with E-state index in [1.165, 1.54) is 0 Å². The lowest BCUT2D eigenvalue weighted by Gasteiger charge is -2.26. The van der Waals surface area contributed by atoms with Gasteiger partial charge in [-0.15, -0.1) is 0 Å². The number of carbonyl (C=O) groups excluding carboxylic acids is 4. The molecule has 0 unspecified atom stereocenters. The summed E-state index contributed by atoms with van der Waals surface area (Å²) >= 11 is 0. The molecule has 0 aliphatic rings. The summed E-state index contributed by atoms with van der Waals surface area (Å²) in [5, 5.41) is 19.1. The minimum absolute atomic E-state index is 0.105. The lowest BCUT2D eigenvalue weighted by Crippen LogP contribution is -2.57. The second-order valence-electron chi connectivity index (χ2n) is 8.42. The lowest BCUT2D eigenvalue weighted by atomic mass is 10.0. The number of amides is 5. The normalized spacial score (nSPS) is 13.8. The van der Waals surface area contributed by atoms with E-state index in [2.05, 4.69) is 21.3 Å². The summed E-state index contributed by atoms with van der Waals surface area (Å²) in [6.45, 7) is 3.21. The highest BCUT2D eigenvalue weighted by Crippen LogP contribution is 2.12. The first-order valence-corrected chi connectivity index (χ1v) is 12.7. The molecule has 10 N–H and O–H groups in total. The molecule has 1 rings (SSSR count). The second-order valence-corrected chi connectivity index (χ2v) is 9.92. The van der Waals surface area contributed by atoms with Crippen molar-refractivity contribution < 1.29 is 37.3 Å². The summed E-state index contributed by atoms with van der Waals surface area (Å²) in [6.07, 6.45) is 0.385. The van der Waals surface area contributed by atoms with E-state index in [9.17, 15) is 27.6 Å². The molecule has 3 atom stereocenters. The summed E-state index contributed by atoms with van der Waals surface area (Å²) < 4.78 is 30.9. The highest BCUT2D eigenvalue weighted by molar-refractivity contribution is 7.85. The number of carbonyl (C=O) groups is 4. The van der Waals surface area contributed by atoms with Crippen molar-refractivity contribution in [2.75, 3.05) is 17.6 Å². The number of aliphatic hydroxyl groups is 1. The van der Waals surface area contributed by atoms with Crippen molar-refractivity contribution in [2.24, 2.45) is 17.4 Å². The molecule has 0 saturated carbocycles. The first-order chi connectivity index (χ1) is 16.7. The average molecular weight is 531 g/mol. The van der Waals surface area contributed by atoms with Crippen molar-refractivity contribution in [1.29, 1.82) is 0 Å². The molecule has 0 radical (unpaired) electrons. The third-order valence-corrected chi connectivity index (χ3v) is 5.76. The van der Waals surface area contributed by atoms with Crippen LogP contribution in [0.1, 0.15) is 32.3 Å². The maximum Gasteiger partial charge on any atom is 0.312 e. The zero-order valence-corrected chi connectivity index (χ0v) is 20.9. The fourth-order valence-electron chi connectivity index (χ4n) is 3.07. The first-order valence-electron chi connectivity index (χ1n) is 11.1. The Morgan fingerprint density at radius 2 is 1.61 bits per heavy atom. The molecule has 0 aromatic heterocycles.